The minimum absolute atomic E-state index is 0.179. The smallest absolute Gasteiger partial charge is 0.215 e. The van der Waals surface area contributed by atoms with Crippen molar-refractivity contribution in [3.8, 4) is 6.07 Å². The van der Waals surface area contributed by atoms with Crippen LogP contribution in [0.2, 0.25) is 0 Å². The van der Waals surface area contributed by atoms with E-state index >= 15 is 0 Å². The van der Waals surface area contributed by atoms with Gasteiger partial charge in [-0.25, -0.2) is 13.1 Å². The zero-order valence-corrected chi connectivity index (χ0v) is 10.2. The topological polar surface area (TPSA) is 96.0 Å². The summed E-state index contributed by atoms with van der Waals surface area (Å²) in [5.41, 5.74) is 6.17. The Bertz CT molecular complexity index is 506. The average molecular weight is 253 g/mol. The Kier molecular flexibility index (Phi) is 5.10. The molecule has 0 unspecified atom stereocenters. The van der Waals surface area contributed by atoms with E-state index < -0.39 is 10.0 Å². The van der Waals surface area contributed by atoms with Crippen LogP contribution in [-0.4, -0.2) is 21.5 Å². The predicted molar refractivity (Wildman–Crippen MR) is 65.5 cm³/mol. The van der Waals surface area contributed by atoms with Crippen molar-refractivity contribution in [1.82, 2.24) is 4.72 Å². The molecule has 1 rings (SSSR count). The molecule has 0 fully saturated rings. The summed E-state index contributed by atoms with van der Waals surface area (Å²) in [6, 6.07) is 8.63. The molecule has 6 heteroatoms. The van der Waals surface area contributed by atoms with Gasteiger partial charge in [0.15, 0.2) is 0 Å². The van der Waals surface area contributed by atoms with Gasteiger partial charge in [0, 0.05) is 6.54 Å². The number of rotatable bonds is 6. The summed E-state index contributed by atoms with van der Waals surface area (Å²) < 4.78 is 25.8. The number of nitrogens with two attached hydrogens (primary N) is 1. The Morgan fingerprint density at radius 1 is 1.35 bits per heavy atom. The van der Waals surface area contributed by atoms with E-state index in [1.165, 1.54) is 0 Å². The quantitative estimate of drug-likeness (QED) is 0.714. The number of hydrogen-bond donors (Lipinski definition) is 2. The van der Waals surface area contributed by atoms with Crippen LogP contribution >= 0.6 is 0 Å². The molecule has 0 aromatic heterocycles. The van der Waals surface area contributed by atoms with Crippen molar-refractivity contribution in [1.29, 1.82) is 5.26 Å². The molecule has 1 aromatic carbocycles. The molecular weight excluding hydrogens is 238 g/mol. The zero-order valence-electron chi connectivity index (χ0n) is 9.39. The molecule has 0 aliphatic carbocycles. The Morgan fingerprint density at radius 3 is 2.71 bits per heavy atom. The van der Waals surface area contributed by atoms with E-state index in [4.69, 9.17) is 11.0 Å². The van der Waals surface area contributed by atoms with Crippen LogP contribution in [0, 0.1) is 11.3 Å². The fourth-order valence-corrected chi connectivity index (χ4v) is 2.56. The van der Waals surface area contributed by atoms with Crippen LogP contribution in [0.5, 0.6) is 0 Å². The third-order valence-electron chi connectivity index (χ3n) is 2.19. The molecule has 5 nitrogen and oxygen atoms in total. The lowest BCUT2D eigenvalue weighted by Gasteiger charge is -2.07. The number of nitriles is 1. The largest absolute Gasteiger partial charge is 0.330 e. The van der Waals surface area contributed by atoms with Gasteiger partial charge in [0.1, 0.15) is 0 Å². The Morgan fingerprint density at radius 2 is 2.06 bits per heavy atom. The zero-order chi connectivity index (χ0) is 12.7. The lowest BCUT2D eigenvalue weighted by atomic mass is 10.1. The fraction of sp³-hybridized carbons (Fsp3) is 0.364. The van der Waals surface area contributed by atoms with Gasteiger partial charge >= 0.3 is 0 Å². The highest BCUT2D eigenvalue weighted by Crippen LogP contribution is 2.10. The van der Waals surface area contributed by atoms with E-state index in [9.17, 15) is 8.42 Å². The van der Waals surface area contributed by atoms with Gasteiger partial charge < -0.3 is 5.73 Å². The summed E-state index contributed by atoms with van der Waals surface area (Å²) in [5, 5.41) is 8.85. The number of nitrogens with one attached hydrogen (secondary N) is 1. The van der Waals surface area contributed by atoms with Crippen molar-refractivity contribution in [3.05, 3.63) is 35.4 Å². The highest BCUT2D eigenvalue weighted by atomic mass is 32.2. The lowest BCUT2D eigenvalue weighted by Crippen LogP contribution is -2.27. The molecule has 0 amide bonds. The van der Waals surface area contributed by atoms with Crippen LogP contribution in [0.4, 0.5) is 0 Å². The van der Waals surface area contributed by atoms with Gasteiger partial charge in [0.25, 0.3) is 0 Å². The second-order valence-corrected chi connectivity index (χ2v) is 5.37. The van der Waals surface area contributed by atoms with E-state index in [0.29, 0.717) is 30.6 Å². The average Bonchev–Trinajstić information content (AvgIpc) is 2.29. The molecule has 3 N–H and O–H groups in total. The van der Waals surface area contributed by atoms with E-state index in [1.807, 2.05) is 6.07 Å². The predicted octanol–water partition coefficient (Wildman–Crippen LogP) is 0.326. The summed E-state index contributed by atoms with van der Waals surface area (Å²) in [6.45, 7) is 0.769. The summed E-state index contributed by atoms with van der Waals surface area (Å²) in [7, 11) is -3.40. The van der Waals surface area contributed by atoms with Crippen molar-refractivity contribution in [2.24, 2.45) is 5.73 Å². The molecule has 0 aliphatic rings. The van der Waals surface area contributed by atoms with Crippen LogP contribution in [0.25, 0.3) is 0 Å². The summed E-state index contributed by atoms with van der Waals surface area (Å²) in [5.74, 6) is -0.179. The molecule has 1 aromatic rings. The van der Waals surface area contributed by atoms with Gasteiger partial charge in [-0.15, -0.1) is 0 Å². The normalized spacial score (nSPS) is 11.1. The third-order valence-corrected chi connectivity index (χ3v) is 3.52. The first-order valence-electron chi connectivity index (χ1n) is 5.24. The highest BCUT2D eigenvalue weighted by Gasteiger charge is 2.13. The molecule has 0 saturated carbocycles. The molecule has 17 heavy (non-hydrogen) atoms. The maximum atomic E-state index is 11.7. The lowest BCUT2D eigenvalue weighted by molar-refractivity contribution is 0.578. The third kappa shape index (κ3) is 4.53. The van der Waals surface area contributed by atoms with Crippen LogP contribution in [-0.2, 0) is 15.8 Å². The SMILES string of the molecule is N#Cc1ccccc1CS(=O)(=O)NCCCN. The van der Waals surface area contributed by atoms with Gasteiger partial charge in [-0.2, -0.15) is 5.26 Å². The number of sulfonamides is 1. The molecule has 0 spiro atoms. The molecule has 0 saturated heterocycles. The van der Waals surface area contributed by atoms with Crippen LogP contribution in [0.3, 0.4) is 0 Å². The fourth-order valence-electron chi connectivity index (χ4n) is 1.34. The van der Waals surface area contributed by atoms with Crippen molar-refractivity contribution >= 4 is 10.0 Å². The van der Waals surface area contributed by atoms with E-state index in [2.05, 4.69) is 4.72 Å². The molecular formula is C11H15N3O2S. The molecule has 92 valence electrons. The van der Waals surface area contributed by atoms with E-state index in [0.717, 1.165) is 0 Å². The van der Waals surface area contributed by atoms with Crippen LogP contribution in [0.15, 0.2) is 24.3 Å². The molecule has 0 bridgehead atoms. The maximum Gasteiger partial charge on any atom is 0.215 e. The molecule has 0 atom stereocenters. The van der Waals surface area contributed by atoms with Gasteiger partial charge in [0.2, 0.25) is 10.0 Å². The standard InChI is InChI=1S/C11H15N3O2S/c12-6-3-7-14-17(15,16)9-11-5-2-1-4-10(11)8-13/h1-2,4-5,14H,3,6-7,9,12H2. The number of benzene rings is 1. The first kappa shape index (κ1) is 13.6. The van der Waals surface area contributed by atoms with Crippen molar-refractivity contribution in [3.63, 3.8) is 0 Å². The van der Waals surface area contributed by atoms with Crippen LogP contribution in [0.1, 0.15) is 17.5 Å². The van der Waals surface area contributed by atoms with Crippen molar-refractivity contribution < 1.29 is 8.42 Å². The minimum Gasteiger partial charge on any atom is -0.330 e. The summed E-state index contributed by atoms with van der Waals surface area (Å²) in [6.07, 6.45) is 0.596. The Labute approximate surface area is 101 Å². The monoisotopic (exact) mass is 253 g/mol. The molecule has 0 heterocycles. The summed E-state index contributed by atoms with van der Waals surface area (Å²) in [4.78, 5) is 0. The van der Waals surface area contributed by atoms with Crippen LogP contribution < -0.4 is 10.5 Å². The number of nitrogens with zero attached hydrogens (tertiary/aromatic N) is 1. The van der Waals surface area contributed by atoms with Gasteiger partial charge in [-0.1, -0.05) is 18.2 Å². The molecule has 0 radical (unpaired) electrons. The molecule has 0 aliphatic heterocycles. The van der Waals surface area contributed by atoms with Crippen molar-refractivity contribution in [2.45, 2.75) is 12.2 Å². The van der Waals surface area contributed by atoms with Crippen molar-refractivity contribution in [2.75, 3.05) is 13.1 Å². The van der Waals surface area contributed by atoms with Gasteiger partial charge in [-0.3, -0.25) is 0 Å². The first-order valence-corrected chi connectivity index (χ1v) is 6.89. The second-order valence-electron chi connectivity index (χ2n) is 3.56. The van der Waals surface area contributed by atoms with E-state index in [1.54, 1.807) is 24.3 Å². The minimum atomic E-state index is -3.40. The Balaban J connectivity index is 2.73. The second kappa shape index (κ2) is 6.35. The highest BCUT2D eigenvalue weighted by molar-refractivity contribution is 7.88. The van der Waals surface area contributed by atoms with E-state index in [-0.39, 0.29) is 5.75 Å². The number of hydrogen-bond acceptors (Lipinski definition) is 4. The van der Waals surface area contributed by atoms with Gasteiger partial charge in [-0.05, 0) is 24.6 Å². The first-order chi connectivity index (χ1) is 8.09. The maximum absolute atomic E-state index is 11.7. The summed E-state index contributed by atoms with van der Waals surface area (Å²) >= 11 is 0. The Hall–Kier alpha value is -1.42. The van der Waals surface area contributed by atoms with Gasteiger partial charge in [0.05, 0.1) is 17.4 Å².